The van der Waals surface area contributed by atoms with Crippen molar-refractivity contribution in [2.24, 2.45) is 17.3 Å². The van der Waals surface area contributed by atoms with Gasteiger partial charge in [0.25, 0.3) is 11.5 Å². The molecule has 1 aromatic heterocycles. The third-order valence-electron chi connectivity index (χ3n) is 9.02. The van der Waals surface area contributed by atoms with Crippen LogP contribution in [0.2, 0.25) is 0 Å². The molecule has 34 heavy (non-hydrogen) atoms. The van der Waals surface area contributed by atoms with Gasteiger partial charge < -0.3 is 14.8 Å². The van der Waals surface area contributed by atoms with Gasteiger partial charge in [0.15, 0.2) is 11.4 Å². The van der Waals surface area contributed by atoms with Gasteiger partial charge in [0, 0.05) is 25.7 Å². The molecule has 1 saturated heterocycles. The zero-order valence-electron chi connectivity index (χ0n) is 20.0. The van der Waals surface area contributed by atoms with Gasteiger partial charge in [0.1, 0.15) is 0 Å². The maximum absolute atomic E-state index is 13.5. The summed E-state index contributed by atoms with van der Waals surface area (Å²) in [5.41, 5.74) is 2.95. The molecular weight excluding hydrogens is 426 g/mol. The number of para-hydroxylation sites is 2. The van der Waals surface area contributed by atoms with Crippen LogP contribution in [-0.4, -0.2) is 45.7 Å². The lowest BCUT2D eigenvalue weighted by atomic mass is 9.42. The fourth-order valence-corrected chi connectivity index (χ4v) is 6.85. The smallest absolute Gasteiger partial charge is 0.279 e. The summed E-state index contributed by atoms with van der Waals surface area (Å²) in [6.07, 6.45) is 11.2. The van der Waals surface area contributed by atoms with E-state index in [4.69, 9.17) is 5.41 Å². The second-order valence-electron chi connectivity index (χ2n) is 10.8. The van der Waals surface area contributed by atoms with Crippen molar-refractivity contribution in [3.63, 3.8) is 0 Å². The Kier molecular flexibility index (Phi) is 4.94. The maximum Gasteiger partial charge on any atom is 0.279 e. The van der Waals surface area contributed by atoms with Gasteiger partial charge in [0.2, 0.25) is 0 Å². The Morgan fingerprint density at radius 2 is 2.06 bits per heavy atom. The predicted octanol–water partition coefficient (Wildman–Crippen LogP) is 3.63. The predicted molar refractivity (Wildman–Crippen MR) is 132 cm³/mol. The fourth-order valence-electron chi connectivity index (χ4n) is 6.85. The Labute approximate surface area is 199 Å². The van der Waals surface area contributed by atoms with Crippen molar-refractivity contribution in [1.29, 1.82) is 5.41 Å². The number of nitrogens with one attached hydrogen (secondary N) is 2. The first-order chi connectivity index (χ1) is 16.4. The molecule has 4 saturated carbocycles. The van der Waals surface area contributed by atoms with Gasteiger partial charge in [-0.2, -0.15) is 0 Å². The summed E-state index contributed by atoms with van der Waals surface area (Å²) in [6.45, 7) is 3.17. The normalized spacial score (nSPS) is 27.1. The summed E-state index contributed by atoms with van der Waals surface area (Å²) in [4.78, 5) is 32.6. The second kappa shape index (κ2) is 7.79. The molecule has 5 fully saturated rings. The molecule has 178 valence electrons. The highest BCUT2D eigenvalue weighted by Gasteiger charge is 2.73. The van der Waals surface area contributed by atoms with Gasteiger partial charge in [-0.25, -0.2) is 4.98 Å². The first-order valence-electron chi connectivity index (χ1n) is 12.7. The minimum Gasteiger partial charge on any atom is -0.374 e. The van der Waals surface area contributed by atoms with Gasteiger partial charge in [-0.3, -0.25) is 15.0 Å². The van der Waals surface area contributed by atoms with Crippen molar-refractivity contribution in [2.45, 2.75) is 64.0 Å². The maximum atomic E-state index is 13.5. The van der Waals surface area contributed by atoms with Crippen molar-refractivity contribution < 1.29 is 4.79 Å². The Morgan fingerprint density at radius 1 is 1.29 bits per heavy atom. The number of hydrogen-bond acceptors (Lipinski definition) is 5. The van der Waals surface area contributed by atoms with E-state index in [0.717, 1.165) is 42.2 Å². The van der Waals surface area contributed by atoms with Crippen LogP contribution >= 0.6 is 0 Å². The van der Waals surface area contributed by atoms with Crippen LogP contribution in [0.4, 0.5) is 0 Å². The molecule has 2 N–H and O–H groups in total. The van der Waals surface area contributed by atoms with Crippen LogP contribution < -0.4 is 10.9 Å². The van der Waals surface area contributed by atoms with E-state index in [2.05, 4.69) is 28.3 Å². The molecule has 1 aromatic carbocycles. The molecule has 1 spiro atoms. The van der Waals surface area contributed by atoms with Crippen LogP contribution in [0.25, 0.3) is 11.0 Å². The van der Waals surface area contributed by atoms with Gasteiger partial charge in [-0.05, 0) is 93.0 Å². The topological polar surface area (TPSA) is 91.1 Å². The third kappa shape index (κ3) is 3.08. The molecule has 2 bridgehead atoms. The van der Waals surface area contributed by atoms with Crippen molar-refractivity contribution in [3.8, 4) is 0 Å². The first-order valence-corrected chi connectivity index (χ1v) is 12.7. The number of nitrogens with zero attached hydrogens (tertiary/aromatic N) is 3. The lowest BCUT2D eigenvalue weighted by Crippen LogP contribution is -2.56. The average Bonchev–Trinajstić information content (AvgIpc) is 3.65. The zero-order valence-corrected chi connectivity index (χ0v) is 20.0. The van der Waals surface area contributed by atoms with E-state index in [9.17, 15) is 9.59 Å². The molecular formula is C27H33N5O2. The molecule has 5 aliphatic rings. The number of allylic oxidation sites excluding steroid dienone is 1. The van der Waals surface area contributed by atoms with Crippen LogP contribution in [0, 0.1) is 22.7 Å². The lowest BCUT2D eigenvalue weighted by Gasteiger charge is -2.63. The number of likely N-dealkylation sites (N-methyl/N-ethyl adjacent to an activating group) is 1. The van der Waals surface area contributed by atoms with Crippen LogP contribution in [-0.2, 0) is 4.79 Å². The molecule has 1 amide bonds. The van der Waals surface area contributed by atoms with Crippen molar-refractivity contribution in [2.75, 3.05) is 13.6 Å². The van der Waals surface area contributed by atoms with Crippen LogP contribution in [0.5, 0.6) is 0 Å². The molecule has 2 unspecified atom stereocenters. The summed E-state index contributed by atoms with van der Waals surface area (Å²) >= 11 is 0. The molecule has 2 aromatic rings. The summed E-state index contributed by atoms with van der Waals surface area (Å²) in [5, 5.41) is 10.7. The number of amides is 1. The first kappa shape index (κ1) is 21.6. The highest BCUT2D eigenvalue weighted by molar-refractivity contribution is 6.43. The molecule has 4 atom stereocenters. The standard InChI is InChI=1S/C27H33N5O2/c1-16(13-17-7-5-6-12-31(17)15-18-19-14-20(18)27(19)10-11-27)32-22-9-4-3-8-21(22)30-24(26(32)34)23(28)25(33)29-2/h3-4,8-9,15-17,19-20,28H,5-7,10-14H2,1-2H3,(H,29,33)/t16-,17-,19?,20?/m0/s1. The Balaban J connectivity index is 1.30. The molecule has 2 heterocycles. The quantitative estimate of drug-likeness (QED) is 0.646. The van der Waals surface area contributed by atoms with E-state index >= 15 is 0 Å². The molecule has 7 heteroatoms. The molecule has 1 aliphatic heterocycles. The summed E-state index contributed by atoms with van der Waals surface area (Å²) < 4.78 is 1.76. The number of aromatic nitrogens is 2. The summed E-state index contributed by atoms with van der Waals surface area (Å²) in [7, 11) is 1.46. The van der Waals surface area contributed by atoms with Crippen molar-refractivity contribution in [3.05, 3.63) is 52.1 Å². The van der Waals surface area contributed by atoms with E-state index in [1.54, 1.807) is 10.1 Å². The van der Waals surface area contributed by atoms with E-state index < -0.39 is 5.91 Å². The molecule has 0 radical (unpaired) electrons. The van der Waals surface area contributed by atoms with E-state index in [-0.39, 0.29) is 23.0 Å². The average molecular weight is 460 g/mol. The SMILES string of the molecule is CNC(=O)C(=N)c1nc2ccccc2n([C@@H](C)C[C@@H]2CCCCN2C=C2C3CC2C32CC2)c1=O. The van der Waals surface area contributed by atoms with Gasteiger partial charge in [-0.1, -0.05) is 12.1 Å². The molecule has 7 rings (SSSR count). The Bertz CT molecular complexity index is 1260. The van der Waals surface area contributed by atoms with Crippen molar-refractivity contribution >= 4 is 22.7 Å². The number of hydrogen-bond donors (Lipinski definition) is 2. The number of piperidine rings is 1. The van der Waals surface area contributed by atoms with Crippen LogP contribution in [0.15, 0.2) is 40.8 Å². The summed E-state index contributed by atoms with van der Waals surface area (Å²) in [5.74, 6) is 1.10. The van der Waals surface area contributed by atoms with E-state index in [1.807, 2.05) is 24.3 Å². The highest BCUT2D eigenvalue weighted by atomic mass is 16.2. The minimum absolute atomic E-state index is 0.0775. The number of fused-ring (bicyclic) bond motifs is 1. The van der Waals surface area contributed by atoms with Crippen LogP contribution in [0.1, 0.15) is 63.6 Å². The van der Waals surface area contributed by atoms with Gasteiger partial charge in [0.05, 0.1) is 11.0 Å². The minimum atomic E-state index is -0.600. The number of carbonyl (C=O) groups is 1. The zero-order chi connectivity index (χ0) is 23.6. The monoisotopic (exact) mass is 459 g/mol. The van der Waals surface area contributed by atoms with Gasteiger partial charge >= 0.3 is 0 Å². The second-order valence-corrected chi connectivity index (χ2v) is 10.8. The van der Waals surface area contributed by atoms with Gasteiger partial charge in [-0.15, -0.1) is 0 Å². The van der Waals surface area contributed by atoms with Crippen LogP contribution in [0.3, 0.4) is 0 Å². The fraction of sp³-hybridized carbons (Fsp3) is 0.556. The third-order valence-corrected chi connectivity index (χ3v) is 9.02. The Hall–Kier alpha value is -2.96. The number of likely N-dealkylation sites (tertiary alicyclic amines) is 1. The molecule has 7 nitrogen and oxygen atoms in total. The number of benzene rings is 1. The van der Waals surface area contributed by atoms with E-state index in [1.165, 1.54) is 39.2 Å². The Morgan fingerprint density at radius 3 is 2.76 bits per heavy atom. The number of carbonyl (C=O) groups excluding carboxylic acids is 1. The molecule has 4 aliphatic carbocycles. The van der Waals surface area contributed by atoms with E-state index in [0.29, 0.717) is 11.6 Å². The van der Waals surface area contributed by atoms with Crippen molar-refractivity contribution in [1.82, 2.24) is 19.8 Å². The largest absolute Gasteiger partial charge is 0.374 e. The lowest BCUT2D eigenvalue weighted by molar-refractivity contribution is -0.114. The number of rotatable bonds is 6. The highest BCUT2D eigenvalue weighted by Crippen LogP contribution is 2.82. The summed E-state index contributed by atoms with van der Waals surface area (Å²) in [6, 6.07) is 7.84.